The van der Waals surface area contributed by atoms with Crippen LogP contribution in [0.2, 0.25) is 0 Å². The summed E-state index contributed by atoms with van der Waals surface area (Å²) in [6.45, 7) is 13.9. The first-order valence-electron chi connectivity index (χ1n) is 13.7. The van der Waals surface area contributed by atoms with Gasteiger partial charge in [-0.2, -0.15) is 0 Å². The topological polar surface area (TPSA) is 131 Å². The van der Waals surface area contributed by atoms with Crippen molar-refractivity contribution in [1.82, 2.24) is 15.5 Å². The Morgan fingerprint density at radius 3 is 2.13 bits per heavy atom. The Bertz CT molecular complexity index is 921. The largest absolute Gasteiger partial charge is 0.444 e. The number of ether oxygens (including phenoxy) is 1. The highest BCUT2D eigenvalue weighted by Gasteiger charge is 2.37. The molecule has 9 heteroatoms. The van der Waals surface area contributed by atoms with Crippen molar-refractivity contribution in [2.45, 2.75) is 111 Å². The van der Waals surface area contributed by atoms with Crippen LogP contribution in [0.3, 0.4) is 0 Å². The molecule has 0 saturated heterocycles. The molecule has 214 valence electrons. The number of benzene rings is 1. The Morgan fingerprint density at radius 2 is 1.61 bits per heavy atom. The van der Waals surface area contributed by atoms with Crippen LogP contribution in [0.5, 0.6) is 0 Å². The van der Waals surface area contributed by atoms with Crippen LogP contribution in [0.4, 0.5) is 4.79 Å². The van der Waals surface area contributed by atoms with Crippen LogP contribution in [0.1, 0.15) is 102 Å². The van der Waals surface area contributed by atoms with Gasteiger partial charge in [-0.15, -0.1) is 0 Å². The lowest BCUT2D eigenvalue weighted by molar-refractivity contribution is -0.142. The van der Waals surface area contributed by atoms with Crippen molar-refractivity contribution in [3.05, 3.63) is 34.9 Å². The molecule has 0 aliphatic heterocycles. The van der Waals surface area contributed by atoms with Gasteiger partial charge in [0.1, 0.15) is 17.7 Å². The minimum Gasteiger partial charge on any atom is -0.444 e. The number of hydrogen-bond acceptors (Lipinski definition) is 5. The maximum atomic E-state index is 14.1. The quantitative estimate of drug-likeness (QED) is 0.288. The summed E-state index contributed by atoms with van der Waals surface area (Å²) in [6.07, 6.45) is 3.42. The molecule has 4 N–H and O–H groups in total. The third kappa shape index (κ3) is 11.1. The van der Waals surface area contributed by atoms with Crippen LogP contribution in [-0.4, -0.2) is 53.4 Å². The molecular weight excluding hydrogens is 484 g/mol. The SMILES string of the molecule is CCCCCNC(=O)C(c1c(C)cccc1C)N(CCCC)C(=O)C(CCC(N)=O)NC(=O)OC(C)(C)C. The van der Waals surface area contributed by atoms with E-state index in [1.807, 2.05) is 39.0 Å². The number of unbranched alkanes of at least 4 members (excludes halogenated alkanes) is 3. The average Bonchev–Trinajstić information content (AvgIpc) is 2.81. The predicted molar refractivity (Wildman–Crippen MR) is 149 cm³/mol. The molecule has 0 aliphatic rings. The van der Waals surface area contributed by atoms with Gasteiger partial charge >= 0.3 is 6.09 Å². The van der Waals surface area contributed by atoms with E-state index in [0.29, 0.717) is 19.5 Å². The van der Waals surface area contributed by atoms with Gasteiger partial charge in [-0.25, -0.2) is 4.79 Å². The van der Waals surface area contributed by atoms with Gasteiger partial charge in [0, 0.05) is 19.5 Å². The van der Waals surface area contributed by atoms with Gasteiger partial charge < -0.3 is 26.0 Å². The van der Waals surface area contributed by atoms with Crippen LogP contribution < -0.4 is 16.4 Å². The third-order valence-electron chi connectivity index (χ3n) is 6.16. The molecular formula is C29H48N4O5. The lowest BCUT2D eigenvalue weighted by Crippen LogP contribution is -2.53. The smallest absolute Gasteiger partial charge is 0.408 e. The van der Waals surface area contributed by atoms with E-state index in [1.54, 1.807) is 20.8 Å². The number of nitrogens with two attached hydrogens (primary N) is 1. The van der Waals surface area contributed by atoms with Crippen LogP contribution in [0, 0.1) is 13.8 Å². The summed E-state index contributed by atoms with van der Waals surface area (Å²) in [5.74, 6) is -1.32. The molecule has 9 nitrogen and oxygen atoms in total. The van der Waals surface area contributed by atoms with Gasteiger partial charge in [-0.3, -0.25) is 14.4 Å². The lowest BCUT2D eigenvalue weighted by Gasteiger charge is -2.35. The predicted octanol–water partition coefficient (Wildman–Crippen LogP) is 4.44. The van der Waals surface area contributed by atoms with E-state index in [2.05, 4.69) is 17.6 Å². The molecule has 2 atom stereocenters. The fraction of sp³-hybridized carbons (Fsp3) is 0.655. The zero-order chi connectivity index (χ0) is 28.9. The summed E-state index contributed by atoms with van der Waals surface area (Å²) in [5.41, 5.74) is 7.14. The summed E-state index contributed by atoms with van der Waals surface area (Å²) >= 11 is 0. The van der Waals surface area contributed by atoms with Gasteiger partial charge in [-0.05, 0) is 70.6 Å². The minimum absolute atomic E-state index is 0.00632. The van der Waals surface area contributed by atoms with Crippen LogP contribution in [0.25, 0.3) is 0 Å². The highest BCUT2D eigenvalue weighted by molar-refractivity contribution is 5.93. The summed E-state index contributed by atoms with van der Waals surface area (Å²) < 4.78 is 5.38. The first-order valence-corrected chi connectivity index (χ1v) is 13.7. The van der Waals surface area contributed by atoms with E-state index in [0.717, 1.165) is 42.4 Å². The van der Waals surface area contributed by atoms with Crippen molar-refractivity contribution in [1.29, 1.82) is 0 Å². The van der Waals surface area contributed by atoms with Crippen LogP contribution in [-0.2, 0) is 19.1 Å². The first-order chi connectivity index (χ1) is 17.8. The van der Waals surface area contributed by atoms with E-state index in [1.165, 1.54) is 4.90 Å². The fourth-order valence-corrected chi connectivity index (χ4v) is 4.26. The fourth-order valence-electron chi connectivity index (χ4n) is 4.26. The zero-order valence-electron chi connectivity index (χ0n) is 24.3. The number of amides is 4. The van der Waals surface area contributed by atoms with E-state index in [-0.39, 0.29) is 18.7 Å². The molecule has 1 aromatic carbocycles. The zero-order valence-corrected chi connectivity index (χ0v) is 24.3. The highest BCUT2D eigenvalue weighted by atomic mass is 16.6. The number of carbonyl (C=O) groups excluding carboxylic acids is 4. The summed E-state index contributed by atoms with van der Waals surface area (Å²) in [7, 11) is 0. The number of hydrogen-bond donors (Lipinski definition) is 3. The number of nitrogens with zero attached hydrogens (tertiary/aromatic N) is 1. The molecule has 1 rings (SSSR count). The molecule has 0 bridgehead atoms. The molecule has 0 heterocycles. The number of carbonyl (C=O) groups is 4. The third-order valence-corrected chi connectivity index (χ3v) is 6.16. The standard InChI is InChI=1S/C29H48N4O5/c1-8-10-12-18-31-26(35)25(24-20(3)14-13-15-21(24)4)33(19-11-9-2)27(36)22(16-17-23(30)34)32-28(37)38-29(5,6)7/h13-15,22,25H,8-12,16-19H2,1-7H3,(H2,30,34)(H,31,35)(H,32,37). The average molecular weight is 533 g/mol. The monoisotopic (exact) mass is 532 g/mol. The maximum Gasteiger partial charge on any atom is 0.408 e. The molecule has 2 unspecified atom stereocenters. The summed E-state index contributed by atoms with van der Waals surface area (Å²) in [5, 5.41) is 5.65. The van der Waals surface area contributed by atoms with Gasteiger partial charge in [-0.1, -0.05) is 51.3 Å². The van der Waals surface area contributed by atoms with E-state index >= 15 is 0 Å². The van der Waals surface area contributed by atoms with Crippen molar-refractivity contribution < 1.29 is 23.9 Å². The second-order valence-electron chi connectivity index (χ2n) is 10.8. The van der Waals surface area contributed by atoms with Crippen molar-refractivity contribution in [3.8, 4) is 0 Å². The maximum absolute atomic E-state index is 14.1. The van der Waals surface area contributed by atoms with Gasteiger partial charge in [0.15, 0.2) is 0 Å². The first kappa shape index (κ1) is 32.9. The van der Waals surface area contributed by atoms with Crippen molar-refractivity contribution in [3.63, 3.8) is 0 Å². The number of alkyl carbamates (subject to hydrolysis) is 1. The van der Waals surface area contributed by atoms with Gasteiger partial charge in [0.25, 0.3) is 0 Å². The molecule has 0 fully saturated rings. The number of aryl methyl sites for hydroxylation is 2. The van der Waals surface area contributed by atoms with Gasteiger partial charge in [0.05, 0.1) is 0 Å². The Kier molecular flexibility index (Phi) is 13.9. The molecule has 1 aromatic rings. The molecule has 0 saturated carbocycles. The second kappa shape index (κ2) is 16.0. The summed E-state index contributed by atoms with van der Waals surface area (Å²) in [6, 6.07) is 3.78. The normalized spacial score (nSPS) is 12.8. The van der Waals surface area contributed by atoms with Crippen LogP contribution in [0.15, 0.2) is 18.2 Å². The molecule has 4 amide bonds. The van der Waals surface area contributed by atoms with Crippen molar-refractivity contribution >= 4 is 23.8 Å². The molecule has 38 heavy (non-hydrogen) atoms. The molecule has 0 aliphatic carbocycles. The Hall–Kier alpha value is -3.10. The Morgan fingerprint density at radius 1 is 1.00 bits per heavy atom. The van der Waals surface area contributed by atoms with Gasteiger partial charge in [0.2, 0.25) is 17.7 Å². The number of rotatable bonds is 15. The Labute approximate surface area is 228 Å². The van der Waals surface area contributed by atoms with E-state index in [9.17, 15) is 19.2 Å². The number of nitrogens with one attached hydrogen (secondary N) is 2. The minimum atomic E-state index is -1.09. The highest BCUT2D eigenvalue weighted by Crippen LogP contribution is 2.29. The van der Waals surface area contributed by atoms with Crippen molar-refractivity contribution in [2.24, 2.45) is 5.73 Å². The van der Waals surface area contributed by atoms with Crippen molar-refractivity contribution in [2.75, 3.05) is 13.1 Å². The molecule has 0 spiro atoms. The van der Waals surface area contributed by atoms with E-state index in [4.69, 9.17) is 10.5 Å². The molecule has 0 radical (unpaired) electrons. The van der Waals surface area contributed by atoms with Crippen LogP contribution >= 0.6 is 0 Å². The molecule has 0 aromatic heterocycles. The lowest BCUT2D eigenvalue weighted by atomic mass is 9.93. The Balaban J connectivity index is 3.52. The summed E-state index contributed by atoms with van der Waals surface area (Å²) in [4.78, 5) is 53.6. The number of primary amides is 1. The van der Waals surface area contributed by atoms with E-state index < -0.39 is 35.6 Å². The second-order valence-corrected chi connectivity index (χ2v) is 10.8.